The van der Waals surface area contributed by atoms with Gasteiger partial charge in [0.25, 0.3) is 0 Å². The maximum Gasteiger partial charge on any atom is 0.248 e. The van der Waals surface area contributed by atoms with Gasteiger partial charge in [0.1, 0.15) is 0 Å². The minimum atomic E-state index is -0.137. The highest BCUT2D eigenvalue weighted by Gasteiger charge is 2.07. The highest BCUT2D eigenvalue weighted by molar-refractivity contribution is 7.99. The smallest absolute Gasteiger partial charge is 0.248 e. The summed E-state index contributed by atoms with van der Waals surface area (Å²) in [7, 11) is 0. The number of aryl methyl sites for hydroxylation is 2. The minimum Gasteiger partial charge on any atom is -0.331 e. The molecule has 0 aliphatic carbocycles. The number of thioether (sulfide) groups is 1. The van der Waals surface area contributed by atoms with Crippen LogP contribution >= 0.6 is 35.6 Å². The Kier molecular flexibility index (Phi) is 8.22. The molecule has 3 N–H and O–H groups in total. The average molecular weight is 408 g/mol. The maximum atomic E-state index is 11.9. The summed E-state index contributed by atoms with van der Waals surface area (Å²) < 4.78 is 0. The van der Waals surface area contributed by atoms with Gasteiger partial charge in [0.2, 0.25) is 5.91 Å². The lowest BCUT2D eigenvalue weighted by atomic mass is 10.1. The van der Waals surface area contributed by atoms with Gasteiger partial charge in [-0.15, -0.1) is 11.8 Å². The van der Waals surface area contributed by atoms with Gasteiger partial charge >= 0.3 is 0 Å². The number of anilines is 1. The van der Waals surface area contributed by atoms with Crippen LogP contribution < -0.4 is 16.2 Å². The Balaban J connectivity index is 1.74. The van der Waals surface area contributed by atoms with Crippen LogP contribution in [0.5, 0.6) is 0 Å². The predicted molar refractivity (Wildman–Crippen MR) is 116 cm³/mol. The molecule has 0 atom stereocenters. The molecule has 0 saturated carbocycles. The molecule has 138 valence electrons. The molecule has 0 radical (unpaired) electrons. The quantitative estimate of drug-likeness (QED) is 0.487. The number of thiocarbonyl (C=S) groups is 1. The van der Waals surface area contributed by atoms with Gasteiger partial charge in [0.05, 0.1) is 5.75 Å². The van der Waals surface area contributed by atoms with E-state index >= 15 is 0 Å². The first-order chi connectivity index (χ1) is 12.5. The van der Waals surface area contributed by atoms with Gasteiger partial charge in [-0.25, -0.2) is 0 Å². The van der Waals surface area contributed by atoms with E-state index in [1.807, 2.05) is 43.3 Å². The monoisotopic (exact) mass is 407 g/mol. The summed E-state index contributed by atoms with van der Waals surface area (Å²) in [6.07, 6.45) is 0.902. The van der Waals surface area contributed by atoms with E-state index < -0.39 is 0 Å². The zero-order chi connectivity index (χ0) is 18.9. The molecule has 0 aliphatic rings. The second-order valence-corrected chi connectivity index (χ2v) is 7.54. The van der Waals surface area contributed by atoms with Gasteiger partial charge in [-0.1, -0.05) is 48.9 Å². The maximum absolute atomic E-state index is 11.9. The van der Waals surface area contributed by atoms with Crippen LogP contribution in [-0.2, 0) is 17.0 Å². The number of para-hydroxylation sites is 1. The fraction of sp³-hybridized carbons (Fsp3) is 0.263. The molecule has 0 aromatic heterocycles. The zero-order valence-corrected chi connectivity index (χ0v) is 17.2. The van der Waals surface area contributed by atoms with Crippen LogP contribution in [0.2, 0.25) is 5.02 Å². The SMILES string of the molecule is CCc1cccc(C)c1NC(=S)NNC(=O)CSCc1cccc(Cl)c1. The van der Waals surface area contributed by atoms with Crippen LogP contribution in [-0.4, -0.2) is 16.8 Å². The normalized spacial score (nSPS) is 10.3. The first kappa shape index (κ1) is 20.6. The third-order valence-corrected chi connectivity index (χ3v) is 5.13. The van der Waals surface area contributed by atoms with Crippen LogP contribution in [0.25, 0.3) is 0 Å². The predicted octanol–water partition coefficient (Wildman–Crippen LogP) is 4.46. The van der Waals surface area contributed by atoms with Gasteiger partial charge in [0, 0.05) is 16.5 Å². The summed E-state index contributed by atoms with van der Waals surface area (Å²) in [5.41, 5.74) is 9.73. The number of nitrogens with one attached hydrogen (secondary N) is 3. The number of amides is 1. The van der Waals surface area contributed by atoms with Crippen molar-refractivity contribution < 1.29 is 4.79 Å². The van der Waals surface area contributed by atoms with E-state index in [2.05, 4.69) is 29.2 Å². The molecule has 4 nitrogen and oxygen atoms in total. The van der Waals surface area contributed by atoms with Crippen molar-refractivity contribution in [3.05, 3.63) is 64.2 Å². The summed E-state index contributed by atoms with van der Waals surface area (Å²) in [6.45, 7) is 4.12. The van der Waals surface area contributed by atoms with E-state index in [0.717, 1.165) is 29.0 Å². The van der Waals surface area contributed by atoms with Crippen LogP contribution in [0.3, 0.4) is 0 Å². The van der Waals surface area contributed by atoms with Gasteiger partial charge in [-0.05, 0) is 54.4 Å². The summed E-state index contributed by atoms with van der Waals surface area (Å²) in [6, 6.07) is 13.7. The molecule has 0 spiro atoms. The van der Waals surface area contributed by atoms with Gasteiger partial charge in [-0.3, -0.25) is 15.6 Å². The molecule has 0 heterocycles. The van der Waals surface area contributed by atoms with Crippen LogP contribution in [0, 0.1) is 6.92 Å². The van der Waals surface area contributed by atoms with Crippen LogP contribution in [0.1, 0.15) is 23.6 Å². The zero-order valence-electron chi connectivity index (χ0n) is 14.8. The fourth-order valence-electron chi connectivity index (χ4n) is 2.40. The van der Waals surface area contributed by atoms with E-state index in [1.54, 1.807) is 0 Å². The number of rotatable bonds is 6. The summed E-state index contributed by atoms with van der Waals surface area (Å²) in [5, 5.41) is 4.22. The molecule has 2 aromatic carbocycles. The molecular weight excluding hydrogens is 386 g/mol. The minimum absolute atomic E-state index is 0.137. The van der Waals surface area contributed by atoms with E-state index in [4.69, 9.17) is 23.8 Å². The van der Waals surface area contributed by atoms with E-state index in [1.165, 1.54) is 17.3 Å². The first-order valence-corrected chi connectivity index (χ1v) is 10.2. The Labute approximate surface area is 169 Å². The highest BCUT2D eigenvalue weighted by atomic mass is 35.5. The van der Waals surface area contributed by atoms with Crippen molar-refractivity contribution in [2.75, 3.05) is 11.1 Å². The molecule has 0 saturated heterocycles. The first-order valence-electron chi connectivity index (χ1n) is 8.26. The Hall–Kier alpha value is -1.76. The van der Waals surface area contributed by atoms with E-state index in [9.17, 15) is 4.79 Å². The molecule has 0 fully saturated rings. The lowest BCUT2D eigenvalue weighted by Gasteiger charge is -2.16. The lowest BCUT2D eigenvalue weighted by Crippen LogP contribution is -2.44. The molecule has 0 unspecified atom stereocenters. The van der Waals surface area contributed by atoms with Crippen molar-refractivity contribution >= 4 is 52.3 Å². The second-order valence-electron chi connectivity index (χ2n) is 5.71. The molecule has 2 rings (SSSR count). The van der Waals surface area contributed by atoms with Crippen LogP contribution in [0.15, 0.2) is 42.5 Å². The lowest BCUT2D eigenvalue weighted by molar-refractivity contribution is -0.119. The van der Waals surface area contributed by atoms with Crippen molar-refractivity contribution in [2.45, 2.75) is 26.0 Å². The molecule has 26 heavy (non-hydrogen) atoms. The topological polar surface area (TPSA) is 53.2 Å². The molecule has 1 amide bonds. The highest BCUT2D eigenvalue weighted by Crippen LogP contribution is 2.20. The third kappa shape index (κ3) is 6.52. The van der Waals surface area contributed by atoms with Gasteiger partial charge < -0.3 is 5.32 Å². The Morgan fingerprint density at radius 2 is 1.96 bits per heavy atom. The van der Waals surface area contributed by atoms with Crippen molar-refractivity contribution in [3.8, 4) is 0 Å². The molecule has 7 heteroatoms. The van der Waals surface area contributed by atoms with E-state index in [-0.39, 0.29) is 5.91 Å². The number of hydrogen-bond acceptors (Lipinski definition) is 3. The average Bonchev–Trinajstić information content (AvgIpc) is 2.62. The standard InChI is InChI=1S/C19H22ClN3OS2/c1-3-15-8-4-6-13(2)18(15)21-19(25)23-22-17(24)12-26-11-14-7-5-9-16(20)10-14/h4-10H,3,11-12H2,1-2H3,(H,22,24)(H2,21,23,25). The van der Waals surface area contributed by atoms with Gasteiger partial charge in [-0.2, -0.15) is 0 Å². The van der Waals surface area contributed by atoms with Crippen LogP contribution in [0.4, 0.5) is 5.69 Å². The molecular formula is C19H22ClN3OS2. The fourth-order valence-corrected chi connectivity index (χ4v) is 3.54. The number of carbonyl (C=O) groups is 1. The Bertz CT molecular complexity index is 783. The number of hydrazine groups is 1. The van der Waals surface area contributed by atoms with Crippen molar-refractivity contribution in [2.24, 2.45) is 0 Å². The van der Waals surface area contributed by atoms with Crippen molar-refractivity contribution in [1.29, 1.82) is 0 Å². The summed E-state index contributed by atoms with van der Waals surface area (Å²) >= 11 is 12.7. The largest absolute Gasteiger partial charge is 0.331 e. The van der Waals surface area contributed by atoms with Gasteiger partial charge in [0.15, 0.2) is 5.11 Å². The number of carbonyl (C=O) groups excluding carboxylic acids is 1. The van der Waals surface area contributed by atoms with Crippen molar-refractivity contribution in [3.63, 3.8) is 0 Å². The third-order valence-electron chi connectivity index (χ3n) is 3.68. The summed E-state index contributed by atoms with van der Waals surface area (Å²) in [5.74, 6) is 0.911. The summed E-state index contributed by atoms with van der Waals surface area (Å²) in [4.78, 5) is 11.9. The Morgan fingerprint density at radius 3 is 2.69 bits per heavy atom. The number of hydrogen-bond donors (Lipinski definition) is 3. The molecule has 2 aromatic rings. The van der Waals surface area contributed by atoms with Crippen molar-refractivity contribution in [1.82, 2.24) is 10.9 Å². The van der Waals surface area contributed by atoms with E-state index in [0.29, 0.717) is 15.9 Å². The molecule has 0 aliphatic heterocycles. The number of halogens is 1. The molecule has 0 bridgehead atoms. The Morgan fingerprint density at radius 1 is 1.19 bits per heavy atom. The second kappa shape index (κ2) is 10.4. The number of benzene rings is 2.